The van der Waals surface area contributed by atoms with Gasteiger partial charge in [-0.05, 0) is 17.9 Å². The monoisotopic (exact) mass is 238 g/mol. The summed E-state index contributed by atoms with van der Waals surface area (Å²) in [4.78, 5) is 0. The molecule has 1 aromatic heterocycles. The zero-order chi connectivity index (χ0) is 12.1. The summed E-state index contributed by atoms with van der Waals surface area (Å²) in [7, 11) is 0. The van der Waals surface area contributed by atoms with Crippen LogP contribution in [0.25, 0.3) is 11.0 Å². The van der Waals surface area contributed by atoms with Gasteiger partial charge in [0.05, 0.1) is 10.4 Å². The van der Waals surface area contributed by atoms with Gasteiger partial charge in [0.25, 0.3) is 0 Å². The Labute approximate surface area is 99.5 Å². The summed E-state index contributed by atoms with van der Waals surface area (Å²) in [6.07, 6.45) is 0. The predicted molar refractivity (Wildman–Crippen MR) is 66.9 cm³/mol. The second-order valence-corrected chi connectivity index (χ2v) is 5.45. The number of aryl methyl sites for hydroxylation is 1. The molecule has 0 bridgehead atoms. The van der Waals surface area contributed by atoms with Gasteiger partial charge >= 0.3 is 0 Å². The van der Waals surface area contributed by atoms with Crippen LogP contribution < -0.4 is 5.73 Å². The number of halogens is 1. The van der Waals surface area contributed by atoms with Gasteiger partial charge in [-0.3, -0.25) is 0 Å². The third-order valence-corrected chi connectivity index (χ3v) is 3.18. The minimum Gasteiger partial charge on any atom is -0.380 e. The molecule has 86 valence electrons. The number of nitrogens with two attached hydrogens (primary N) is 1. The first-order valence-electron chi connectivity index (χ1n) is 5.17. The molecule has 4 heteroatoms. The van der Waals surface area contributed by atoms with E-state index in [4.69, 9.17) is 21.9 Å². The molecule has 0 spiro atoms. The highest BCUT2D eigenvalue weighted by Gasteiger charge is 2.23. The minimum atomic E-state index is -0.0282. The van der Waals surface area contributed by atoms with E-state index < -0.39 is 0 Å². The van der Waals surface area contributed by atoms with Crippen LogP contribution >= 0.6 is 11.6 Å². The van der Waals surface area contributed by atoms with E-state index in [1.54, 1.807) is 0 Å². The van der Waals surface area contributed by atoms with E-state index in [0.717, 1.165) is 16.5 Å². The molecular weight excluding hydrogens is 224 g/mol. The number of hydrogen-bond acceptors (Lipinski definition) is 3. The molecule has 1 aromatic carbocycles. The van der Waals surface area contributed by atoms with Crippen molar-refractivity contribution in [2.24, 2.45) is 0 Å². The number of nitrogens with zero attached hydrogens (tertiary/aromatic N) is 1. The summed E-state index contributed by atoms with van der Waals surface area (Å²) in [6, 6.07) is 2.04. The van der Waals surface area contributed by atoms with Crippen LogP contribution in [-0.4, -0.2) is 5.16 Å². The molecule has 2 rings (SSSR count). The molecule has 0 saturated carbocycles. The Kier molecular flexibility index (Phi) is 2.39. The van der Waals surface area contributed by atoms with E-state index in [2.05, 4.69) is 25.9 Å². The molecule has 1 heterocycles. The van der Waals surface area contributed by atoms with Crippen LogP contribution in [0, 0.1) is 6.92 Å². The maximum atomic E-state index is 6.21. The fourth-order valence-corrected chi connectivity index (χ4v) is 2.04. The number of benzene rings is 1. The van der Waals surface area contributed by atoms with Gasteiger partial charge in [-0.1, -0.05) is 43.6 Å². The van der Waals surface area contributed by atoms with Crippen molar-refractivity contribution >= 4 is 28.4 Å². The fraction of sp³-hybridized carbons (Fsp3) is 0.417. The Balaban J connectivity index is 2.92. The summed E-state index contributed by atoms with van der Waals surface area (Å²) in [5.74, 6) is 0.356. The summed E-state index contributed by atoms with van der Waals surface area (Å²) in [6.45, 7) is 8.32. The maximum Gasteiger partial charge on any atom is 0.176 e. The highest BCUT2D eigenvalue weighted by molar-refractivity contribution is 6.37. The second-order valence-electron chi connectivity index (χ2n) is 5.08. The first-order chi connectivity index (χ1) is 7.32. The van der Waals surface area contributed by atoms with Crippen molar-refractivity contribution in [3.8, 4) is 0 Å². The Bertz CT molecular complexity index is 552. The summed E-state index contributed by atoms with van der Waals surface area (Å²) < 4.78 is 5.28. The maximum absolute atomic E-state index is 6.21. The van der Waals surface area contributed by atoms with E-state index in [-0.39, 0.29) is 5.41 Å². The zero-order valence-electron chi connectivity index (χ0n) is 9.89. The van der Waals surface area contributed by atoms with E-state index in [1.807, 2.05) is 13.0 Å². The number of rotatable bonds is 0. The lowest BCUT2D eigenvalue weighted by Gasteiger charge is -2.19. The number of aromatic nitrogens is 1. The lowest BCUT2D eigenvalue weighted by Crippen LogP contribution is -2.11. The van der Waals surface area contributed by atoms with Crippen LogP contribution in [0.5, 0.6) is 0 Å². The molecule has 0 saturated heterocycles. The van der Waals surface area contributed by atoms with Gasteiger partial charge in [0.15, 0.2) is 11.4 Å². The van der Waals surface area contributed by atoms with Crippen molar-refractivity contribution in [3.63, 3.8) is 0 Å². The molecule has 16 heavy (non-hydrogen) atoms. The Morgan fingerprint density at radius 1 is 1.38 bits per heavy atom. The van der Waals surface area contributed by atoms with Crippen molar-refractivity contribution in [1.82, 2.24) is 5.16 Å². The van der Waals surface area contributed by atoms with E-state index in [1.165, 1.54) is 0 Å². The average molecular weight is 239 g/mol. The summed E-state index contributed by atoms with van der Waals surface area (Å²) in [5, 5.41) is 5.15. The molecule has 2 aromatic rings. The Morgan fingerprint density at radius 2 is 2.00 bits per heavy atom. The fourth-order valence-electron chi connectivity index (χ4n) is 1.80. The number of anilines is 1. The molecule has 2 N–H and O–H groups in total. The van der Waals surface area contributed by atoms with Crippen molar-refractivity contribution in [2.45, 2.75) is 33.1 Å². The topological polar surface area (TPSA) is 52.0 Å². The molecule has 0 atom stereocenters. The predicted octanol–water partition coefficient (Wildman–Crippen LogP) is 3.67. The Hall–Kier alpha value is -1.22. The molecule has 0 aliphatic rings. The van der Waals surface area contributed by atoms with Gasteiger partial charge in [0.2, 0.25) is 0 Å². The van der Waals surface area contributed by atoms with Crippen LogP contribution in [-0.2, 0) is 5.41 Å². The highest BCUT2D eigenvalue weighted by atomic mass is 35.5. The summed E-state index contributed by atoms with van der Waals surface area (Å²) >= 11 is 6.21. The minimum absolute atomic E-state index is 0.0282. The van der Waals surface area contributed by atoms with Gasteiger partial charge in [0, 0.05) is 5.56 Å². The highest BCUT2D eigenvalue weighted by Crippen LogP contribution is 2.38. The van der Waals surface area contributed by atoms with Gasteiger partial charge in [-0.25, -0.2) is 0 Å². The van der Waals surface area contributed by atoms with Gasteiger partial charge in [0.1, 0.15) is 0 Å². The van der Waals surface area contributed by atoms with Gasteiger partial charge in [-0.2, -0.15) is 0 Å². The van der Waals surface area contributed by atoms with E-state index >= 15 is 0 Å². The number of fused-ring (bicyclic) bond motifs is 1. The molecule has 0 radical (unpaired) electrons. The third kappa shape index (κ3) is 1.55. The van der Waals surface area contributed by atoms with Crippen LogP contribution in [0.4, 0.5) is 5.82 Å². The van der Waals surface area contributed by atoms with Crippen LogP contribution in [0.2, 0.25) is 5.02 Å². The standard InChI is InChI=1S/C12H15ClN2O/c1-6-5-7(12(2,3)4)10-8(9(6)13)11(14)15-16-10/h5H,1-4H3,(H2,14,15). The van der Waals surface area contributed by atoms with E-state index in [0.29, 0.717) is 16.4 Å². The zero-order valence-corrected chi connectivity index (χ0v) is 10.6. The van der Waals surface area contributed by atoms with Crippen LogP contribution in [0.15, 0.2) is 10.6 Å². The smallest absolute Gasteiger partial charge is 0.176 e. The van der Waals surface area contributed by atoms with E-state index in [9.17, 15) is 0 Å². The SMILES string of the molecule is Cc1cc(C(C)(C)C)c2onc(N)c2c1Cl. The lowest BCUT2D eigenvalue weighted by atomic mass is 9.85. The normalized spacial score (nSPS) is 12.3. The van der Waals surface area contributed by atoms with Crippen molar-refractivity contribution in [3.05, 3.63) is 22.2 Å². The lowest BCUT2D eigenvalue weighted by molar-refractivity contribution is 0.450. The number of nitrogen functional groups attached to an aromatic ring is 1. The quantitative estimate of drug-likeness (QED) is 0.762. The average Bonchev–Trinajstić information content (AvgIpc) is 2.52. The van der Waals surface area contributed by atoms with Crippen molar-refractivity contribution < 1.29 is 4.52 Å². The largest absolute Gasteiger partial charge is 0.380 e. The van der Waals surface area contributed by atoms with Crippen LogP contribution in [0.3, 0.4) is 0 Å². The molecular formula is C12H15ClN2O. The summed E-state index contributed by atoms with van der Waals surface area (Å²) in [5.41, 5.74) is 8.51. The molecule has 3 nitrogen and oxygen atoms in total. The molecule has 0 aliphatic carbocycles. The molecule has 0 fully saturated rings. The third-order valence-electron chi connectivity index (χ3n) is 2.70. The first-order valence-corrected chi connectivity index (χ1v) is 5.54. The van der Waals surface area contributed by atoms with Gasteiger partial charge < -0.3 is 10.3 Å². The molecule has 0 aliphatic heterocycles. The molecule has 0 amide bonds. The first kappa shape index (κ1) is 11.3. The molecule has 0 unspecified atom stereocenters. The van der Waals surface area contributed by atoms with Crippen molar-refractivity contribution in [1.29, 1.82) is 0 Å². The second kappa shape index (κ2) is 3.39. The van der Waals surface area contributed by atoms with Gasteiger partial charge in [-0.15, -0.1) is 0 Å². The number of hydrogen-bond donors (Lipinski definition) is 1. The van der Waals surface area contributed by atoms with Crippen molar-refractivity contribution in [2.75, 3.05) is 5.73 Å². The Morgan fingerprint density at radius 3 is 2.56 bits per heavy atom. The van der Waals surface area contributed by atoms with Crippen LogP contribution in [0.1, 0.15) is 31.9 Å².